The summed E-state index contributed by atoms with van der Waals surface area (Å²) in [5.74, 6) is 0.305. The van der Waals surface area contributed by atoms with Gasteiger partial charge in [-0.1, -0.05) is 86.1 Å². The molecule has 0 radical (unpaired) electrons. The molecule has 156 valence electrons. The number of aryl methyl sites for hydroxylation is 1. The van der Waals surface area contributed by atoms with Gasteiger partial charge in [-0.15, -0.1) is 12.4 Å². The Balaban J connectivity index is 0.000000211. The summed E-state index contributed by atoms with van der Waals surface area (Å²) in [6.07, 6.45) is 7.51. The van der Waals surface area contributed by atoms with Crippen LogP contribution in [0.1, 0.15) is 31.0 Å². The van der Waals surface area contributed by atoms with Crippen LogP contribution in [0, 0.1) is 0 Å². The molecule has 0 fully saturated rings. The normalized spacial score (nSPS) is 9.90. The average molecular weight is 421 g/mol. The lowest BCUT2D eigenvalue weighted by Gasteiger charge is -2.07. The average Bonchev–Trinajstić information content (AvgIpc) is 3.21. The number of rotatable bonds is 6. The van der Waals surface area contributed by atoms with Crippen LogP contribution in [0.3, 0.4) is 0 Å². The van der Waals surface area contributed by atoms with Crippen molar-refractivity contribution in [2.75, 3.05) is 0 Å². The first-order valence-corrected chi connectivity index (χ1v) is 10.1. The number of phenolic OH excluding ortho intramolecular Hbond substituents is 1. The highest BCUT2D eigenvalue weighted by atomic mass is 35.5. The van der Waals surface area contributed by atoms with Crippen LogP contribution in [0.4, 0.5) is 0 Å². The van der Waals surface area contributed by atoms with E-state index >= 15 is 0 Å². The molecule has 0 saturated heterocycles. The Labute approximate surface area is 185 Å². The maximum Gasteiger partial charge on any atom is 0.115 e. The number of phenols is 1. The molecule has 0 amide bonds. The van der Waals surface area contributed by atoms with Crippen LogP contribution >= 0.6 is 12.4 Å². The topological polar surface area (TPSA) is 38.0 Å². The third-order valence-electron chi connectivity index (χ3n) is 4.76. The van der Waals surface area contributed by atoms with E-state index in [1.54, 1.807) is 12.1 Å². The van der Waals surface area contributed by atoms with E-state index in [0.29, 0.717) is 5.75 Å². The highest BCUT2D eigenvalue weighted by Gasteiger charge is 2.02. The van der Waals surface area contributed by atoms with Gasteiger partial charge >= 0.3 is 0 Å². The van der Waals surface area contributed by atoms with Gasteiger partial charge in [0.05, 0.1) is 6.33 Å². The Kier molecular flexibility index (Phi) is 9.69. The number of nitrogens with zero attached hydrogens (tertiary/aromatic N) is 2. The smallest absolute Gasteiger partial charge is 0.115 e. The summed E-state index contributed by atoms with van der Waals surface area (Å²) in [5.41, 5.74) is 4.96. The zero-order valence-electron chi connectivity index (χ0n) is 17.3. The second-order valence-electron chi connectivity index (χ2n) is 7.01. The molecular formula is C26H29ClN2O. The number of unbranched alkanes of at least 4 members (excludes halogenated alkanes) is 1. The highest BCUT2D eigenvalue weighted by Crippen LogP contribution is 2.20. The predicted octanol–water partition coefficient (Wildman–Crippen LogP) is 6.76. The fraction of sp³-hybridized carbons (Fsp3) is 0.192. The summed E-state index contributed by atoms with van der Waals surface area (Å²) in [4.78, 5) is 4.23. The van der Waals surface area contributed by atoms with Gasteiger partial charge in [0.25, 0.3) is 0 Å². The zero-order valence-corrected chi connectivity index (χ0v) is 18.1. The van der Waals surface area contributed by atoms with Gasteiger partial charge < -0.3 is 9.67 Å². The molecule has 4 heteroatoms. The number of halogens is 1. The second-order valence-corrected chi connectivity index (χ2v) is 7.01. The molecule has 1 N–H and O–H groups in total. The molecular weight excluding hydrogens is 392 g/mol. The van der Waals surface area contributed by atoms with E-state index in [4.69, 9.17) is 5.11 Å². The quantitative estimate of drug-likeness (QED) is 0.374. The van der Waals surface area contributed by atoms with Crippen molar-refractivity contribution >= 4 is 12.4 Å². The summed E-state index contributed by atoms with van der Waals surface area (Å²) in [6.45, 7) is 3.15. The third-order valence-corrected chi connectivity index (χ3v) is 4.76. The molecule has 1 aromatic heterocycles. The molecule has 0 atom stereocenters. The number of imidazole rings is 1. The maximum absolute atomic E-state index is 9.10. The summed E-state index contributed by atoms with van der Waals surface area (Å²) in [5, 5.41) is 9.10. The monoisotopic (exact) mass is 420 g/mol. The Morgan fingerprint density at radius 2 is 1.40 bits per heavy atom. The number of benzene rings is 3. The first-order chi connectivity index (χ1) is 14.3. The molecule has 1 heterocycles. The molecule has 0 spiro atoms. The van der Waals surface area contributed by atoms with Crippen LogP contribution in [0.5, 0.6) is 5.75 Å². The summed E-state index contributed by atoms with van der Waals surface area (Å²) < 4.78 is 2.24. The van der Waals surface area contributed by atoms with Gasteiger partial charge in [0.1, 0.15) is 5.75 Å². The van der Waals surface area contributed by atoms with Crippen molar-refractivity contribution in [2.45, 2.75) is 32.7 Å². The van der Waals surface area contributed by atoms with Gasteiger partial charge in [-0.3, -0.25) is 0 Å². The maximum atomic E-state index is 9.10. The second kappa shape index (κ2) is 12.5. The largest absolute Gasteiger partial charge is 0.508 e. The lowest BCUT2D eigenvalue weighted by Crippen LogP contribution is -2.03. The van der Waals surface area contributed by atoms with Crippen LogP contribution in [0.2, 0.25) is 0 Å². The van der Waals surface area contributed by atoms with E-state index in [1.807, 2.05) is 55.0 Å². The summed E-state index contributed by atoms with van der Waals surface area (Å²) in [7, 11) is 0. The van der Waals surface area contributed by atoms with Crippen molar-refractivity contribution in [1.29, 1.82) is 0 Å². The lowest BCUT2D eigenvalue weighted by molar-refractivity contribution is 0.475. The molecule has 0 bridgehead atoms. The van der Waals surface area contributed by atoms with Crippen molar-refractivity contribution in [3.8, 4) is 16.9 Å². The standard InChI is InChI=1S/C14H18N2.C12H10O.ClH/c1-2-3-9-14-10-15-12-16(14)11-13-7-5-4-6-8-13;13-12-8-6-11(7-9-12)10-4-2-1-3-5-10;/h4-8,10,12H,2-3,9,11H2,1H3;1-9,13H;1H. The molecule has 0 saturated carbocycles. The molecule has 0 aliphatic carbocycles. The molecule has 3 aromatic carbocycles. The van der Waals surface area contributed by atoms with E-state index in [1.165, 1.54) is 29.7 Å². The molecule has 0 aliphatic rings. The first-order valence-electron chi connectivity index (χ1n) is 10.1. The van der Waals surface area contributed by atoms with E-state index in [-0.39, 0.29) is 12.4 Å². The fourth-order valence-electron chi connectivity index (χ4n) is 3.12. The molecule has 4 rings (SSSR count). The minimum atomic E-state index is 0. The van der Waals surface area contributed by atoms with E-state index in [0.717, 1.165) is 18.5 Å². The minimum absolute atomic E-state index is 0. The van der Waals surface area contributed by atoms with Gasteiger partial charge in [-0.2, -0.15) is 0 Å². The van der Waals surface area contributed by atoms with Crippen LogP contribution in [0.15, 0.2) is 97.5 Å². The Bertz CT molecular complexity index is 967. The highest BCUT2D eigenvalue weighted by molar-refractivity contribution is 5.85. The Morgan fingerprint density at radius 1 is 0.800 bits per heavy atom. The predicted molar refractivity (Wildman–Crippen MR) is 127 cm³/mol. The fourth-order valence-corrected chi connectivity index (χ4v) is 3.12. The van der Waals surface area contributed by atoms with E-state index in [2.05, 4.69) is 46.8 Å². The number of aromatic hydroxyl groups is 1. The van der Waals surface area contributed by atoms with Gasteiger partial charge in [-0.25, -0.2) is 4.98 Å². The van der Waals surface area contributed by atoms with Crippen LogP contribution < -0.4 is 0 Å². The van der Waals surface area contributed by atoms with E-state index < -0.39 is 0 Å². The minimum Gasteiger partial charge on any atom is -0.508 e. The van der Waals surface area contributed by atoms with Crippen LogP contribution in [-0.2, 0) is 13.0 Å². The summed E-state index contributed by atoms with van der Waals surface area (Å²) in [6, 6.07) is 27.8. The van der Waals surface area contributed by atoms with Crippen molar-refractivity contribution in [2.24, 2.45) is 0 Å². The molecule has 0 unspecified atom stereocenters. The third kappa shape index (κ3) is 7.09. The number of aromatic nitrogens is 2. The lowest BCUT2D eigenvalue weighted by atomic mass is 10.1. The Hall–Kier alpha value is -3.04. The summed E-state index contributed by atoms with van der Waals surface area (Å²) >= 11 is 0. The van der Waals surface area contributed by atoms with Crippen LogP contribution in [-0.4, -0.2) is 14.7 Å². The van der Waals surface area contributed by atoms with Crippen molar-refractivity contribution in [3.05, 3.63) is 109 Å². The molecule has 3 nitrogen and oxygen atoms in total. The van der Waals surface area contributed by atoms with Gasteiger partial charge in [-0.05, 0) is 41.7 Å². The molecule has 0 aliphatic heterocycles. The molecule has 30 heavy (non-hydrogen) atoms. The van der Waals surface area contributed by atoms with Crippen molar-refractivity contribution < 1.29 is 5.11 Å². The van der Waals surface area contributed by atoms with Crippen molar-refractivity contribution in [1.82, 2.24) is 9.55 Å². The van der Waals surface area contributed by atoms with Gasteiger partial charge in [0.2, 0.25) is 0 Å². The zero-order chi connectivity index (χ0) is 20.3. The molecule has 4 aromatic rings. The number of hydrogen-bond donors (Lipinski definition) is 1. The van der Waals surface area contributed by atoms with E-state index in [9.17, 15) is 0 Å². The van der Waals surface area contributed by atoms with Crippen molar-refractivity contribution in [3.63, 3.8) is 0 Å². The van der Waals surface area contributed by atoms with Gasteiger partial charge in [0.15, 0.2) is 0 Å². The Morgan fingerprint density at radius 3 is 2.03 bits per heavy atom. The first kappa shape index (κ1) is 23.2. The van der Waals surface area contributed by atoms with Crippen LogP contribution in [0.25, 0.3) is 11.1 Å². The SMILES string of the molecule is CCCCc1cncn1Cc1ccccc1.Cl.Oc1ccc(-c2ccccc2)cc1. The van der Waals surface area contributed by atoms with Gasteiger partial charge in [0, 0.05) is 18.4 Å². The number of hydrogen-bond acceptors (Lipinski definition) is 2.